The standard InChI is InChI=1S/C22H34O5/c1-2-3-4-5-6-7-8-9-10-11-12-17-15-20(25)22(27-17)16-13-18(23)21(26)19(24)14-16/h13-14,17,23-26H,2-12,15H2,1H3. The lowest BCUT2D eigenvalue weighted by Gasteiger charge is -2.13. The van der Waals surface area contributed by atoms with Gasteiger partial charge in [-0.05, 0) is 25.0 Å². The number of ether oxygens (including phenoxy) is 1. The van der Waals surface area contributed by atoms with Gasteiger partial charge in [0.05, 0.1) is 0 Å². The summed E-state index contributed by atoms with van der Waals surface area (Å²) >= 11 is 0. The van der Waals surface area contributed by atoms with Crippen molar-refractivity contribution in [2.75, 3.05) is 0 Å². The Balaban J connectivity index is 1.64. The third-order valence-corrected chi connectivity index (χ3v) is 5.18. The van der Waals surface area contributed by atoms with E-state index in [2.05, 4.69) is 6.92 Å². The summed E-state index contributed by atoms with van der Waals surface area (Å²) in [5.74, 6) is -1.05. The summed E-state index contributed by atoms with van der Waals surface area (Å²) in [4.78, 5) is 0. The van der Waals surface area contributed by atoms with Crippen molar-refractivity contribution in [1.82, 2.24) is 0 Å². The minimum absolute atomic E-state index is 0.0767. The van der Waals surface area contributed by atoms with Gasteiger partial charge in [0.15, 0.2) is 23.0 Å². The van der Waals surface area contributed by atoms with E-state index >= 15 is 0 Å². The molecule has 5 nitrogen and oxygen atoms in total. The highest BCUT2D eigenvalue weighted by Gasteiger charge is 2.27. The van der Waals surface area contributed by atoms with Gasteiger partial charge in [0, 0.05) is 12.0 Å². The molecule has 2 rings (SSSR count). The van der Waals surface area contributed by atoms with Crippen molar-refractivity contribution in [2.24, 2.45) is 0 Å². The molecule has 0 fully saturated rings. The fourth-order valence-electron chi connectivity index (χ4n) is 3.58. The molecule has 152 valence electrons. The Labute approximate surface area is 162 Å². The molecule has 0 amide bonds. The van der Waals surface area contributed by atoms with Gasteiger partial charge in [-0.15, -0.1) is 0 Å². The van der Waals surface area contributed by atoms with Gasteiger partial charge < -0.3 is 25.2 Å². The Kier molecular flexibility index (Phi) is 8.62. The maximum atomic E-state index is 10.2. The van der Waals surface area contributed by atoms with Crippen molar-refractivity contribution in [3.05, 3.63) is 23.5 Å². The van der Waals surface area contributed by atoms with Crippen LogP contribution in [0.2, 0.25) is 0 Å². The van der Waals surface area contributed by atoms with Crippen molar-refractivity contribution < 1.29 is 25.2 Å². The van der Waals surface area contributed by atoms with E-state index in [1.807, 2.05) is 0 Å². The molecule has 0 saturated heterocycles. The minimum Gasteiger partial charge on any atom is -0.508 e. The molecule has 0 aliphatic carbocycles. The number of aliphatic hydroxyl groups excluding tert-OH is 1. The first-order valence-electron chi connectivity index (χ1n) is 10.4. The molecule has 0 bridgehead atoms. The first kappa shape index (κ1) is 21.3. The zero-order chi connectivity index (χ0) is 19.6. The Morgan fingerprint density at radius 3 is 1.89 bits per heavy atom. The molecule has 1 aliphatic heterocycles. The van der Waals surface area contributed by atoms with Gasteiger partial charge in [-0.1, -0.05) is 64.7 Å². The zero-order valence-corrected chi connectivity index (χ0v) is 16.4. The van der Waals surface area contributed by atoms with Crippen molar-refractivity contribution in [3.63, 3.8) is 0 Å². The van der Waals surface area contributed by atoms with Crippen LogP contribution in [0.5, 0.6) is 17.2 Å². The Hall–Kier alpha value is -2.04. The van der Waals surface area contributed by atoms with Crippen LogP contribution in [-0.2, 0) is 4.74 Å². The lowest BCUT2D eigenvalue weighted by molar-refractivity contribution is 0.174. The minimum atomic E-state index is -0.571. The van der Waals surface area contributed by atoms with Gasteiger partial charge >= 0.3 is 0 Å². The fraction of sp³-hybridized carbons (Fsp3) is 0.636. The summed E-state index contributed by atoms with van der Waals surface area (Å²) in [6.45, 7) is 2.24. The van der Waals surface area contributed by atoms with Crippen LogP contribution >= 0.6 is 0 Å². The molecule has 1 heterocycles. The lowest BCUT2D eigenvalue weighted by atomic mass is 10.0. The molecule has 1 unspecified atom stereocenters. The Bertz CT molecular complexity index is 600. The first-order valence-corrected chi connectivity index (χ1v) is 10.4. The number of hydrogen-bond acceptors (Lipinski definition) is 5. The number of aromatic hydroxyl groups is 3. The van der Waals surface area contributed by atoms with E-state index in [9.17, 15) is 20.4 Å². The summed E-state index contributed by atoms with van der Waals surface area (Å²) in [6.07, 6.45) is 14.1. The highest BCUT2D eigenvalue weighted by atomic mass is 16.5. The second-order valence-electron chi connectivity index (χ2n) is 7.55. The zero-order valence-electron chi connectivity index (χ0n) is 16.4. The number of phenolic OH excluding ortho intramolecular Hbond substituents is 3. The molecule has 5 heteroatoms. The maximum absolute atomic E-state index is 10.2. The number of benzene rings is 1. The van der Waals surface area contributed by atoms with E-state index in [1.54, 1.807) is 0 Å². The summed E-state index contributed by atoms with van der Waals surface area (Å²) in [7, 11) is 0. The summed E-state index contributed by atoms with van der Waals surface area (Å²) in [5.41, 5.74) is 0.367. The molecule has 4 N–H and O–H groups in total. The van der Waals surface area contributed by atoms with E-state index in [0.717, 1.165) is 12.8 Å². The largest absolute Gasteiger partial charge is 0.508 e. The normalized spacial score (nSPS) is 16.7. The van der Waals surface area contributed by atoms with Gasteiger partial charge in [0.1, 0.15) is 11.9 Å². The predicted octanol–water partition coefficient (Wildman–Crippen LogP) is 6.13. The Morgan fingerprint density at radius 1 is 0.815 bits per heavy atom. The van der Waals surface area contributed by atoms with Crippen molar-refractivity contribution in [2.45, 2.75) is 90.1 Å². The van der Waals surface area contributed by atoms with Crippen LogP contribution in [0.3, 0.4) is 0 Å². The highest BCUT2D eigenvalue weighted by molar-refractivity contribution is 5.68. The van der Waals surface area contributed by atoms with Crippen LogP contribution in [0.25, 0.3) is 5.76 Å². The summed E-state index contributed by atoms with van der Waals surface area (Å²) in [6, 6.07) is 2.56. The molecule has 1 atom stereocenters. The molecular formula is C22H34O5. The molecule has 27 heavy (non-hydrogen) atoms. The molecule has 1 aromatic rings. The van der Waals surface area contributed by atoms with E-state index in [-0.39, 0.29) is 17.6 Å². The van der Waals surface area contributed by atoms with E-state index in [0.29, 0.717) is 12.0 Å². The van der Waals surface area contributed by atoms with Crippen molar-refractivity contribution >= 4 is 5.76 Å². The first-order chi connectivity index (χ1) is 13.0. The summed E-state index contributed by atoms with van der Waals surface area (Å²) in [5, 5.41) is 38.8. The molecule has 1 aliphatic rings. The molecule has 0 radical (unpaired) electrons. The second-order valence-corrected chi connectivity index (χ2v) is 7.55. The van der Waals surface area contributed by atoms with Gasteiger partial charge in [-0.2, -0.15) is 0 Å². The maximum Gasteiger partial charge on any atom is 0.200 e. The van der Waals surface area contributed by atoms with Crippen LogP contribution in [0, 0.1) is 0 Å². The SMILES string of the molecule is CCCCCCCCCCCCC1CC(O)=C(c2cc(O)c(O)c(O)c2)O1. The average molecular weight is 379 g/mol. The highest BCUT2D eigenvalue weighted by Crippen LogP contribution is 2.41. The van der Waals surface area contributed by atoms with Crippen LogP contribution in [0.1, 0.15) is 89.5 Å². The van der Waals surface area contributed by atoms with Gasteiger partial charge in [0.25, 0.3) is 0 Å². The molecule has 0 aromatic heterocycles. The third-order valence-electron chi connectivity index (χ3n) is 5.18. The van der Waals surface area contributed by atoms with Gasteiger partial charge in [0.2, 0.25) is 0 Å². The number of hydrogen-bond donors (Lipinski definition) is 4. The number of phenols is 3. The molecule has 0 saturated carbocycles. The molecular weight excluding hydrogens is 344 g/mol. The third kappa shape index (κ3) is 6.56. The molecule has 0 spiro atoms. The lowest BCUT2D eigenvalue weighted by Crippen LogP contribution is -2.06. The quantitative estimate of drug-likeness (QED) is 0.259. The Morgan fingerprint density at radius 2 is 1.33 bits per heavy atom. The van der Waals surface area contributed by atoms with Crippen LogP contribution in [-0.4, -0.2) is 26.5 Å². The predicted molar refractivity (Wildman–Crippen MR) is 107 cm³/mol. The topological polar surface area (TPSA) is 90.2 Å². The van der Waals surface area contributed by atoms with Gasteiger partial charge in [-0.25, -0.2) is 0 Å². The summed E-state index contributed by atoms with van der Waals surface area (Å²) < 4.78 is 5.82. The van der Waals surface area contributed by atoms with Crippen LogP contribution in [0.15, 0.2) is 17.9 Å². The van der Waals surface area contributed by atoms with Crippen molar-refractivity contribution in [1.29, 1.82) is 0 Å². The monoisotopic (exact) mass is 378 g/mol. The van der Waals surface area contributed by atoms with Crippen molar-refractivity contribution in [3.8, 4) is 17.2 Å². The van der Waals surface area contributed by atoms with Gasteiger partial charge in [-0.3, -0.25) is 0 Å². The van der Waals surface area contributed by atoms with E-state index in [4.69, 9.17) is 4.74 Å². The smallest absolute Gasteiger partial charge is 0.200 e. The molecule has 1 aromatic carbocycles. The second kappa shape index (κ2) is 11.0. The van der Waals surface area contributed by atoms with Crippen LogP contribution < -0.4 is 0 Å². The fourth-order valence-corrected chi connectivity index (χ4v) is 3.58. The van der Waals surface area contributed by atoms with E-state index < -0.39 is 17.2 Å². The van der Waals surface area contributed by atoms with E-state index in [1.165, 1.54) is 69.9 Å². The number of aliphatic hydroxyl groups is 1. The van der Waals surface area contributed by atoms with Crippen LogP contribution in [0.4, 0.5) is 0 Å². The number of unbranched alkanes of at least 4 members (excludes halogenated alkanes) is 9. The average Bonchev–Trinajstić information content (AvgIpc) is 3.01. The number of rotatable bonds is 12.